The summed E-state index contributed by atoms with van der Waals surface area (Å²) in [6, 6.07) is 5.98. The third-order valence-corrected chi connectivity index (χ3v) is 3.72. The number of hydrogen-bond acceptors (Lipinski definition) is 3. The summed E-state index contributed by atoms with van der Waals surface area (Å²) < 4.78 is 6.56. The fourth-order valence-corrected chi connectivity index (χ4v) is 2.39. The van der Waals surface area contributed by atoms with Gasteiger partial charge in [0.25, 0.3) is 0 Å². The maximum atomic E-state index is 11.5. The van der Waals surface area contributed by atoms with E-state index in [1.54, 1.807) is 0 Å². The van der Waals surface area contributed by atoms with Crippen LogP contribution in [0, 0.1) is 0 Å². The molecule has 1 aromatic carbocycles. The second-order valence-corrected chi connectivity index (χ2v) is 5.77. The number of halogens is 1. The quantitative estimate of drug-likeness (QED) is 0.619. The molecule has 0 aliphatic rings. The molecule has 0 aliphatic heterocycles. The van der Waals surface area contributed by atoms with Crippen molar-refractivity contribution in [3.8, 4) is 5.75 Å². The second-order valence-electron chi connectivity index (χ2n) is 4.92. The third-order valence-electron chi connectivity index (χ3n) is 3.10. The Morgan fingerprint density at radius 1 is 1.27 bits per heavy atom. The minimum absolute atomic E-state index is 0.0746. The molecule has 5 nitrogen and oxygen atoms in total. The van der Waals surface area contributed by atoms with Crippen molar-refractivity contribution in [1.29, 1.82) is 0 Å². The lowest BCUT2D eigenvalue weighted by Gasteiger charge is -2.09. The monoisotopic (exact) mass is 371 g/mol. The number of amides is 1. The van der Waals surface area contributed by atoms with Crippen molar-refractivity contribution < 1.29 is 19.4 Å². The highest BCUT2D eigenvalue weighted by molar-refractivity contribution is 9.10. The van der Waals surface area contributed by atoms with Gasteiger partial charge in [-0.2, -0.15) is 0 Å². The number of carbonyl (C=O) groups is 2. The lowest BCUT2D eigenvalue weighted by Crippen LogP contribution is -2.25. The number of carboxylic acid groups (broad SMARTS) is 1. The number of aliphatic carboxylic acids is 1. The predicted molar refractivity (Wildman–Crippen MR) is 88.1 cm³/mol. The van der Waals surface area contributed by atoms with Crippen molar-refractivity contribution in [1.82, 2.24) is 5.32 Å². The Kier molecular flexibility index (Phi) is 8.58. The van der Waals surface area contributed by atoms with E-state index in [1.165, 1.54) is 5.56 Å². The average Bonchev–Trinajstić information content (AvgIpc) is 2.49. The van der Waals surface area contributed by atoms with Crippen LogP contribution in [-0.4, -0.2) is 30.1 Å². The molecule has 0 radical (unpaired) electrons. The van der Waals surface area contributed by atoms with E-state index < -0.39 is 5.97 Å². The molecule has 0 atom stereocenters. The molecule has 0 saturated carbocycles. The molecule has 1 rings (SSSR count). The van der Waals surface area contributed by atoms with Gasteiger partial charge in [0.2, 0.25) is 5.91 Å². The summed E-state index contributed by atoms with van der Waals surface area (Å²) in [6.45, 7) is 2.96. The molecule has 0 aromatic heterocycles. The lowest BCUT2D eigenvalue weighted by atomic mass is 10.2. The minimum Gasteiger partial charge on any atom is -0.492 e. The van der Waals surface area contributed by atoms with Crippen LogP contribution < -0.4 is 10.1 Å². The number of aryl methyl sites for hydroxylation is 1. The molecule has 0 heterocycles. The Morgan fingerprint density at radius 2 is 2.05 bits per heavy atom. The Hall–Kier alpha value is -1.56. The first-order valence-electron chi connectivity index (χ1n) is 7.42. The smallest absolute Gasteiger partial charge is 0.303 e. The van der Waals surface area contributed by atoms with Gasteiger partial charge in [-0.1, -0.05) is 13.0 Å². The van der Waals surface area contributed by atoms with E-state index in [0.29, 0.717) is 32.4 Å². The van der Waals surface area contributed by atoms with Crippen molar-refractivity contribution in [2.75, 3.05) is 13.2 Å². The van der Waals surface area contributed by atoms with Crippen LogP contribution in [0.1, 0.15) is 38.2 Å². The SMILES string of the molecule is CCc1ccc(OCCCC(=O)NCCCC(=O)O)c(Br)c1. The van der Waals surface area contributed by atoms with Crippen LogP contribution in [0.15, 0.2) is 22.7 Å². The van der Waals surface area contributed by atoms with Gasteiger partial charge in [-0.05, 0) is 52.9 Å². The Bertz CT molecular complexity index is 505. The molecule has 0 aliphatic carbocycles. The summed E-state index contributed by atoms with van der Waals surface area (Å²) >= 11 is 3.47. The van der Waals surface area contributed by atoms with Crippen LogP contribution in [0.3, 0.4) is 0 Å². The lowest BCUT2D eigenvalue weighted by molar-refractivity contribution is -0.137. The van der Waals surface area contributed by atoms with Crippen LogP contribution in [0.25, 0.3) is 0 Å². The number of carbonyl (C=O) groups excluding carboxylic acids is 1. The normalized spacial score (nSPS) is 10.3. The molecule has 0 unspecified atom stereocenters. The molecule has 2 N–H and O–H groups in total. The van der Waals surface area contributed by atoms with E-state index in [9.17, 15) is 9.59 Å². The molecular weight excluding hydrogens is 350 g/mol. The molecule has 1 aromatic rings. The maximum Gasteiger partial charge on any atom is 0.303 e. The van der Waals surface area contributed by atoms with Crippen molar-refractivity contribution in [3.05, 3.63) is 28.2 Å². The topological polar surface area (TPSA) is 75.6 Å². The fourth-order valence-electron chi connectivity index (χ4n) is 1.85. The molecule has 6 heteroatoms. The van der Waals surface area contributed by atoms with Gasteiger partial charge in [-0.3, -0.25) is 9.59 Å². The maximum absolute atomic E-state index is 11.5. The van der Waals surface area contributed by atoms with E-state index in [0.717, 1.165) is 16.6 Å². The summed E-state index contributed by atoms with van der Waals surface area (Å²) in [4.78, 5) is 21.9. The summed E-state index contributed by atoms with van der Waals surface area (Å²) in [5.41, 5.74) is 1.24. The largest absolute Gasteiger partial charge is 0.492 e. The van der Waals surface area contributed by atoms with Crippen LogP contribution in [0.5, 0.6) is 5.75 Å². The zero-order valence-corrected chi connectivity index (χ0v) is 14.3. The van der Waals surface area contributed by atoms with Crippen LogP contribution in [0.4, 0.5) is 0 Å². The number of nitrogens with one attached hydrogen (secondary N) is 1. The first-order valence-corrected chi connectivity index (χ1v) is 8.22. The molecule has 22 heavy (non-hydrogen) atoms. The van der Waals surface area contributed by atoms with E-state index >= 15 is 0 Å². The zero-order valence-electron chi connectivity index (χ0n) is 12.7. The van der Waals surface area contributed by atoms with Crippen molar-refractivity contribution in [2.45, 2.75) is 39.0 Å². The van der Waals surface area contributed by atoms with Crippen LogP contribution in [0.2, 0.25) is 0 Å². The van der Waals surface area contributed by atoms with Gasteiger partial charge in [0, 0.05) is 19.4 Å². The zero-order chi connectivity index (χ0) is 16.4. The summed E-state index contributed by atoms with van der Waals surface area (Å²) in [5.74, 6) is -0.143. The van der Waals surface area contributed by atoms with Gasteiger partial charge in [0.1, 0.15) is 5.75 Å². The summed E-state index contributed by atoms with van der Waals surface area (Å²) in [5, 5.41) is 11.2. The van der Waals surface area contributed by atoms with Gasteiger partial charge >= 0.3 is 5.97 Å². The summed E-state index contributed by atoms with van der Waals surface area (Å²) in [7, 11) is 0. The van der Waals surface area contributed by atoms with Crippen molar-refractivity contribution in [3.63, 3.8) is 0 Å². The standard InChI is InChI=1S/C16H22BrNO4/c1-2-12-7-8-14(13(17)11-12)22-10-4-5-15(19)18-9-3-6-16(20)21/h7-8,11H,2-6,9-10H2,1H3,(H,18,19)(H,20,21). The van der Waals surface area contributed by atoms with Crippen LogP contribution >= 0.6 is 15.9 Å². The Balaban J connectivity index is 2.17. The van der Waals surface area contributed by atoms with E-state index in [4.69, 9.17) is 9.84 Å². The number of rotatable bonds is 10. The highest BCUT2D eigenvalue weighted by Crippen LogP contribution is 2.26. The molecule has 0 bridgehead atoms. The summed E-state index contributed by atoms with van der Waals surface area (Å²) in [6.07, 6.45) is 2.49. The number of ether oxygens (including phenoxy) is 1. The molecular formula is C16H22BrNO4. The highest BCUT2D eigenvalue weighted by Gasteiger charge is 2.04. The molecule has 1 amide bonds. The first-order chi connectivity index (χ1) is 10.5. The first kappa shape index (κ1) is 18.5. The second kappa shape index (κ2) is 10.2. The predicted octanol–water partition coefficient (Wildman–Crippen LogP) is 3.15. The molecule has 0 fully saturated rings. The Labute approximate surface area is 139 Å². The van der Waals surface area contributed by atoms with Gasteiger partial charge in [0.15, 0.2) is 0 Å². The molecule has 122 valence electrons. The third kappa shape index (κ3) is 7.45. The van der Waals surface area contributed by atoms with E-state index in [-0.39, 0.29) is 12.3 Å². The number of carboxylic acids is 1. The minimum atomic E-state index is -0.845. The highest BCUT2D eigenvalue weighted by atomic mass is 79.9. The van der Waals surface area contributed by atoms with Crippen molar-refractivity contribution in [2.24, 2.45) is 0 Å². The van der Waals surface area contributed by atoms with Crippen LogP contribution in [-0.2, 0) is 16.0 Å². The van der Waals surface area contributed by atoms with Gasteiger partial charge < -0.3 is 15.2 Å². The van der Waals surface area contributed by atoms with Gasteiger partial charge in [0.05, 0.1) is 11.1 Å². The fraction of sp³-hybridized carbons (Fsp3) is 0.500. The average molecular weight is 372 g/mol. The number of benzene rings is 1. The van der Waals surface area contributed by atoms with Gasteiger partial charge in [-0.25, -0.2) is 0 Å². The number of hydrogen-bond donors (Lipinski definition) is 2. The van der Waals surface area contributed by atoms with Crippen molar-refractivity contribution >= 4 is 27.8 Å². The molecule has 0 saturated heterocycles. The Morgan fingerprint density at radius 3 is 2.68 bits per heavy atom. The van der Waals surface area contributed by atoms with Gasteiger partial charge in [-0.15, -0.1) is 0 Å². The van der Waals surface area contributed by atoms with E-state index in [2.05, 4.69) is 28.2 Å². The molecule has 0 spiro atoms. The van der Waals surface area contributed by atoms with E-state index in [1.807, 2.05) is 18.2 Å².